The van der Waals surface area contributed by atoms with E-state index < -0.39 is 22.9 Å². The van der Waals surface area contributed by atoms with Gasteiger partial charge in [0.1, 0.15) is 0 Å². The van der Waals surface area contributed by atoms with Crippen LogP contribution in [0.1, 0.15) is 60.3 Å². The number of rotatable bonds is 5. The molecule has 6 heteroatoms. The minimum absolute atomic E-state index is 0.00639. The Hall–Kier alpha value is -1.72. The molecule has 2 aliphatic rings. The van der Waals surface area contributed by atoms with Gasteiger partial charge >= 0.3 is 0 Å². The van der Waals surface area contributed by atoms with Crippen LogP contribution in [-0.4, -0.2) is 59.4 Å². The fraction of sp³-hybridized carbons (Fsp3) is 0.800. The number of carbonyl (C=O) groups excluding carboxylic acids is 4. The van der Waals surface area contributed by atoms with Crippen LogP contribution in [0.3, 0.4) is 0 Å². The molecule has 0 aromatic carbocycles. The number of hydrogen-bond acceptors (Lipinski definition) is 4. The molecule has 0 bridgehead atoms. The van der Waals surface area contributed by atoms with E-state index in [-0.39, 0.29) is 29.3 Å². The van der Waals surface area contributed by atoms with Crippen LogP contribution in [-0.2, 0) is 19.2 Å². The van der Waals surface area contributed by atoms with E-state index in [1.807, 2.05) is 34.6 Å². The van der Waals surface area contributed by atoms with Crippen molar-refractivity contribution in [1.82, 2.24) is 9.80 Å². The van der Waals surface area contributed by atoms with Crippen LogP contribution >= 0.6 is 0 Å². The molecular formula is C20H32N2O4. The van der Waals surface area contributed by atoms with Gasteiger partial charge in [-0.05, 0) is 19.3 Å². The first-order valence-corrected chi connectivity index (χ1v) is 9.38. The van der Waals surface area contributed by atoms with Gasteiger partial charge in [0, 0.05) is 37.3 Å². The van der Waals surface area contributed by atoms with Crippen LogP contribution in [0.4, 0.5) is 0 Å². The molecule has 1 unspecified atom stereocenters. The molecule has 2 fully saturated rings. The minimum Gasteiger partial charge on any atom is -0.336 e. The normalized spacial score (nSPS) is 27.4. The van der Waals surface area contributed by atoms with E-state index >= 15 is 0 Å². The van der Waals surface area contributed by atoms with Crippen molar-refractivity contribution in [2.24, 2.45) is 16.7 Å². The van der Waals surface area contributed by atoms with Crippen molar-refractivity contribution in [1.29, 1.82) is 0 Å². The van der Waals surface area contributed by atoms with Crippen LogP contribution in [0.15, 0.2) is 0 Å². The molecule has 2 amide bonds. The van der Waals surface area contributed by atoms with Gasteiger partial charge in [0.2, 0.25) is 11.8 Å². The molecule has 2 aliphatic heterocycles. The summed E-state index contributed by atoms with van der Waals surface area (Å²) in [5.74, 6) is -0.346. The van der Waals surface area contributed by atoms with E-state index in [0.717, 1.165) is 0 Å². The Labute approximate surface area is 156 Å². The van der Waals surface area contributed by atoms with Crippen LogP contribution in [0.2, 0.25) is 0 Å². The third-order valence-electron chi connectivity index (χ3n) is 5.93. The molecular weight excluding hydrogens is 332 g/mol. The van der Waals surface area contributed by atoms with Gasteiger partial charge in [-0.1, -0.05) is 34.6 Å². The van der Waals surface area contributed by atoms with E-state index in [1.54, 1.807) is 19.0 Å². The van der Waals surface area contributed by atoms with Gasteiger partial charge in [-0.15, -0.1) is 0 Å². The van der Waals surface area contributed by atoms with Crippen molar-refractivity contribution in [3.8, 4) is 0 Å². The summed E-state index contributed by atoms with van der Waals surface area (Å²) in [5.41, 5.74) is -1.23. The second kappa shape index (κ2) is 6.78. The molecule has 26 heavy (non-hydrogen) atoms. The first kappa shape index (κ1) is 20.6. The predicted octanol–water partition coefficient (Wildman–Crippen LogP) is 2.05. The summed E-state index contributed by atoms with van der Waals surface area (Å²) in [5, 5.41) is 0. The minimum atomic E-state index is -0.718. The molecule has 0 radical (unpaired) electrons. The maximum atomic E-state index is 13.0. The first-order valence-electron chi connectivity index (χ1n) is 9.38. The topological polar surface area (TPSA) is 74.8 Å². The lowest BCUT2D eigenvalue weighted by atomic mass is 9.75. The maximum Gasteiger partial charge on any atom is 0.226 e. The molecule has 6 nitrogen and oxygen atoms in total. The van der Waals surface area contributed by atoms with Gasteiger partial charge in [0.05, 0.1) is 12.1 Å². The standard InChI is InChI=1S/C20H32N2O4/c1-19(2,3)16(24)14-10-12(18(26)22(14)7)11-20(4,5)17(25)13-8-9-15(23)21(13)6/h12-14H,8-11H2,1-7H3/t12?,13-,14+/m0/s1. The van der Waals surface area contributed by atoms with Gasteiger partial charge < -0.3 is 9.80 Å². The summed E-state index contributed by atoms with van der Waals surface area (Å²) >= 11 is 0. The van der Waals surface area contributed by atoms with E-state index in [2.05, 4.69) is 0 Å². The molecule has 0 saturated carbocycles. The highest BCUT2D eigenvalue weighted by Gasteiger charge is 2.48. The molecule has 0 aromatic rings. The second-order valence-corrected chi connectivity index (χ2v) is 9.52. The molecule has 0 spiro atoms. The molecule has 2 heterocycles. The average molecular weight is 364 g/mol. The number of Topliss-reactive ketones (excluding diaryl/α,β-unsaturated/α-hetero) is 2. The number of nitrogens with zero attached hydrogens (tertiary/aromatic N) is 2. The molecule has 2 saturated heterocycles. The van der Waals surface area contributed by atoms with E-state index in [9.17, 15) is 19.2 Å². The zero-order chi connectivity index (χ0) is 20.0. The Balaban J connectivity index is 2.12. The highest BCUT2D eigenvalue weighted by atomic mass is 16.2. The van der Waals surface area contributed by atoms with Gasteiger partial charge in [-0.25, -0.2) is 0 Å². The number of likely N-dealkylation sites (tertiary alicyclic amines) is 2. The average Bonchev–Trinajstić information content (AvgIpc) is 2.99. The third-order valence-corrected chi connectivity index (χ3v) is 5.93. The summed E-state index contributed by atoms with van der Waals surface area (Å²) in [6.07, 6.45) is 1.81. The van der Waals surface area contributed by atoms with Crippen molar-refractivity contribution in [3.63, 3.8) is 0 Å². The summed E-state index contributed by atoms with van der Waals surface area (Å²) in [4.78, 5) is 53.1. The maximum absolute atomic E-state index is 13.0. The number of hydrogen-bond donors (Lipinski definition) is 0. The molecule has 3 atom stereocenters. The van der Waals surface area contributed by atoms with Crippen molar-refractivity contribution in [3.05, 3.63) is 0 Å². The Morgan fingerprint density at radius 1 is 0.962 bits per heavy atom. The SMILES string of the molecule is CN1C(=O)C(CC(C)(C)C(=O)[C@@H]2CCC(=O)N2C)C[C@@H]1C(=O)C(C)(C)C. The lowest BCUT2D eigenvalue weighted by Crippen LogP contribution is -2.43. The van der Waals surface area contributed by atoms with Gasteiger partial charge in [-0.2, -0.15) is 0 Å². The highest BCUT2D eigenvalue weighted by Crippen LogP contribution is 2.38. The molecule has 0 N–H and O–H groups in total. The summed E-state index contributed by atoms with van der Waals surface area (Å²) in [7, 11) is 3.34. The Morgan fingerprint density at radius 3 is 2.00 bits per heavy atom. The van der Waals surface area contributed by atoms with E-state index in [4.69, 9.17) is 0 Å². The van der Waals surface area contributed by atoms with Gasteiger partial charge in [0.15, 0.2) is 11.6 Å². The van der Waals surface area contributed by atoms with Crippen molar-refractivity contribution >= 4 is 23.4 Å². The smallest absolute Gasteiger partial charge is 0.226 e. The van der Waals surface area contributed by atoms with Crippen LogP contribution in [0, 0.1) is 16.7 Å². The lowest BCUT2D eigenvalue weighted by molar-refractivity contribution is -0.140. The molecule has 0 aliphatic carbocycles. The zero-order valence-corrected chi connectivity index (χ0v) is 17.1. The van der Waals surface area contributed by atoms with E-state index in [0.29, 0.717) is 25.7 Å². The molecule has 2 rings (SSSR count). The quantitative estimate of drug-likeness (QED) is 0.748. The van der Waals surface area contributed by atoms with Crippen molar-refractivity contribution in [2.45, 2.75) is 72.4 Å². The van der Waals surface area contributed by atoms with Gasteiger partial charge in [-0.3, -0.25) is 19.2 Å². The van der Waals surface area contributed by atoms with Crippen LogP contribution in [0.5, 0.6) is 0 Å². The third kappa shape index (κ3) is 3.69. The number of amides is 2. The number of carbonyl (C=O) groups is 4. The zero-order valence-electron chi connectivity index (χ0n) is 17.1. The first-order chi connectivity index (χ1) is 11.8. The Kier molecular flexibility index (Phi) is 5.37. The highest BCUT2D eigenvalue weighted by molar-refractivity contribution is 5.97. The fourth-order valence-electron chi connectivity index (χ4n) is 4.20. The Morgan fingerprint density at radius 2 is 1.54 bits per heavy atom. The Bertz CT molecular complexity index is 632. The summed E-state index contributed by atoms with van der Waals surface area (Å²) in [6, 6.07) is -0.826. The van der Waals surface area contributed by atoms with E-state index in [1.165, 1.54) is 4.90 Å². The fourth-order valence-corrected chi connectivity index (χ4v) is 4.20. The number of likely N-dealkylation sites (N-methyl/N-ethyl adjacent to an activating group) is 2. The largest absolute Gasteiger partial charge is 0.336 e. The van der Waals surface area contributed by atoms with Gasteiger partial charge in [0.25, 0.3) is 0 Å². The molecule has 0 aromatic heterocycles. The van der Waals surface area contributed by atoms with Crippen LogP contribution < -0.4 is 0 Å². The monoisotopic (exact) mass is 364 g/mol. The second-order valence-electron chi connectivity index (χ2n) is 9.52. The molecule has 146 valence electrons. The van der Waals surface area contributed by atoms with Crippen molar-refractivity contribution in [2.75, 3.05) is 14.1 Å². The van der Waals surface area contributed by atoms with Crippen molar-refractivity contribution < 1.29 is 19.2 Å². The lowest BCUT2D eigenvalue weighted by Gasteiger charge is -2.31. The summed E-state index contributed by atoms with van der Waals surface area (Å²) in [6.45, 7) is 9.28. The van der Waals surface area contributed by atoms with Crippen LogP contribution in [0.25, 0.3) is 0 Å². The number of ketones is 2. The predicted molar refractivity (Wildman–Crippen MR) is 98.3 cm³/mol. The summed E-state index contributed by atoms with van der Waals surface area (Å²) < 4.78 is 0.